The quantitative estimate of drug-likeness (QED) is 0.439. The minimum atomic E-state index is -1.00. The molecule has 0 aliphatic carbocycles. The second-order valence-electron chi connectivity index (χ2n) is 7.22. The predicted molar refractivity (Wildman–Crippen MR) is 116 cm³/mol. The fraction of sp³-hybridized carbons (Fsp3) is 0.167. The lowest BCUT2D eigenvalue weighted by molar-refractivity contribution is 0.0697. The van der Waals surface area contributed by atoms with Gasteiger partial charge in [-0.3, -0.25) is 0 Å². The summed E-state index contributed by atoms with van der Waals surface area (Å²) in [5.74, 6) is -0.479. The molecule has 0 aliphatic rings. The SMILES string of the molecule is Cc1ccc(CCNCc2cccn2-c2c(C(=O)O)cnn2-c2ccccc2)cc1. The van der Waals surface area contributed by atoms with E-state index in [9.17, 15) is 9.90 Å². The van der Waals surface area contributed by atoms with Gasteiger partial charge in [-0.15, -0.1) is 0 Å². The summed E-state index contributed by atoms with van der Waals surface area (Å²) in [6.07, 6.45) is 4.21. The van der Waals surface area contributed by atoms with E-state index in [-0.39, 0.29) is 5.56 Å². The van der Waals surface area contributed by atoms with Gasteiger partial charge in [0, 0.05) is 18.4 Å². The molecule has 0 unspecified atom stereocenters. The van der Waals surface area contributed by atoms with Crippen LogP contribution in [-0.4, -0.2) is 32.0 Å². The average Bonchev–Trinajstić information content (AvgIpc) is 3.39. The summed E-state index contributed by atoms with van der Waals surface area (Å²) in [5.41, 5.74) is 4.50. The minimum absolute atomic E-state index is 0.163. The van der Waals surface area contributed by atoms with Gasteiger partial charge in [-0.05, 0) is 49.7 Å². The number of benzene rings is 2. The van der Waals surface area contributed by atoms with Crippen LogP contribution in [0.25, 0.3) is 11.5 Å². The van der Waals surface area contributed by atoms with Gasteiger partial charge >= 0.3 is 5.97 Å². The first-order chi connectivity index (χ1) is 14.6. The second-order valence-corrected chi connectivity index (χ2v) is 7.22. The smallest absolute Gasteiger partial charge is 0.341 e. The van der Waals surface area contributed by atoms with Crippen LogP contribution in [0.1, 0.15) is 27.2 Å². The number of carboxylic acid groups (broad SMARTS) is 1. The van der Waals surface area contributed by atoms with Crippen LogP contribution in [0.4, 0.5) is 0 Å². The Labute approximate surface area is 175 Å². The normalized spacial score (nSPS) is 11.0. The van der Waals surface area contributed by atoms with Crippen LogP contribution in [-0.2, 0) is 13.0 Å². The van der Waals surface area contributed by atoms with Crippen molar-refractivity contribution in [2.24, 2.45) is 0 Å². The number of aromatic nitrogens is 3. The zero-order valence-electron chi connectivity index (χ0n) is 16.8. The maximum absolute atomic E-state index is 11.8. The standard InChI is InChI=1S/C24H24N4O2/c1-18-9-11-19(12-10-18)13-14-25-16-21-8-5-15-27(21)23-22(24(29)30)17-26-28(23)20-6-3-2-4-7-20/h2-12,15,17,25H,13-14,16H2,1H3,(H,29,30). The molecule has 0 amide bonds. The first kappa shape index (κ1) is 19.7. The van der Waals surface area contributed by atoms with Crippen molar-refractivity contribution in [3.8, 4) is 11.5 Å². The molecule has 6 nitrogen and oxygen atoms in total. The highest BCUT2D eigenvalue weighted by atomic mass is 16.4. The van der Waals surface area contributed by atoms with Crippen LogP contribution in [0.2, 0.25) is 0 Å². The highest BCUT2D eigenvalue weighted by molar-refractivity contribution is 5.91. The zero-order valence-corrected chi connectivity index (χ0v) is 16.8. The molecule has 4 rings (SSSR count). The van der Waals surface area contributed by atoms with Gasteiger partial charge < -0.3 is 15.0 Å². The van der Waals surface area contributed by atoms with Crippen LogP contribution < -0.4 is 5.32 Å². The summed E-state index contributed by atoms with van der Waals surface area (Å²) in [4.78, 5) is 11.8. The summed E-state index contributed by atoms with van der Waals surface area (Å²) in [7, 11) is 0. The molecule has 0 spiro atoms. The van der Waals surface area contributed by atoms with Crippen molar-refractivity contribution in [3.05, 3.63) is 102 Å². The third-order valence-electron chi connectivity index (χ3n) is 5.05. The van der Waals surface area contributed by atoms with Gasteiger partial charge in [0.05, 0.1) is 11.9 Å². The number of nitrogens with one attached hydrogen (secondary N) is 1. The fourth-order valence-electron chi connectivity index (χ4n) is 3.45. The van der Waals surface area contributed by atoms with Crippen LogP contribution in [0, 0.1) is 6.92 Å². The third-order valence-corrected chi connectivity index (χ3v) is 5.05. The van der Waals surface area contributed by atoms with Gasteiger partial charge in [0.2, 0.25) is 0 Å². The lowest BCUT2D eigenvalue weighted by Crippen LogP contribution is -2.20. The Kier molecular flexibility index (Phi) is 5.77. The molecular weight excluding hydrogens is 376 g/mol. The number of aromatic carboxylic acids is 1. The number of aryl methyl sites for hydroxylation is 1. The fourth-order valence-corrected chi connectivity index (χ4v) is 3.45. The van der Waals surface area contributed by atoms with Crippen molar-refractivity contribution >= 4 is 5.97 Å². The van der Waals surface area contributed by atoms with E-state index >= 15 is 0 Å². The molecule has 0 bridgehead atoms. The minimum Gasteiger partial charge on any atom is -0.477 e. The van der Waals surface area contributed by atoms with Crippen molar-refractivity contribution in [1.29, 1.82) is 0 Å². The summed E-state index contributed by atoms with van der Waals surface area (Å²) in [6, 6.07) is 22.0. The van der Waals surface area contributed by atoms with E-state index in [2.05, 4.69) is 41.6 Å². The van der Waals surface area contributed by atoms with Gasteiger partial charge in [-0.2, -0.15) is 5.10 Å². The van der Waals surface area contributed by atoms with Gasteiger partial charge in [0.1, 0.15) is 5.56 Å². The van der Waals surface area contributed by atoms with Crippen molar-refractivity contribution in [2.45, 2.75) is 19.9 Å². The Bertz CT molecular complexity index is 1130. The van der Waals surface area contributed by atoms with Gasteiger partial charge in [-0.1, -0.05) is 48.0 Å². The Balaban J connectivity index is 1.54. The number of hydrogen-bond donors (Lipinski definition) is 2. The maximum atomic E-state index is 11.8. The molecule has 0 aliphatic heterocycles. The molecule has 0 radical (unpaired) electrons. The molecule has 4 aromatic rings. The molecule has 2 aromatic carbocycles. The topological polar surface area (TPSA) is 72.1 Å². The molecule has 0 saturated heterocycles. The van der Waals surface area contributed by atoms with E-state index in [1.165, 1.54) is 17.3 Å². The van der Waals surface area contributed by atoms with E-state index in [0.717, 1.165) is 24.3 Å². The number of carboxylic acids is 1. The average molecular weight is 400 g/mol. The molecule has 0 fully saturated rings. The summed E-state index contributed by atoms with van der Waals surface area (Å²) in [5, 5.41) is 17.5. The highest BCUT2D eigenvalue weighted by Gasteiger charge is 2.20. The van der Waals surface area contributed by atoms with Gasteiger partial charge in [0.15, 0.2) is 5.82 Å². The zero-order chi connectivity index (χ0) is 20.9. The Morgan fingerprint density at radius 2 is 1.80 bits per heavy atom. The lowest BCUT2D eigenvalue weighted by Gasteiger charge is -2.14. The molecule has 2 N–H and O–H groups in total. The number of carbonyl (C=O) groups is 1. The number of nitrogens with zero attached hydrogens (tertiary/aromatic N) is 3. The molecule has 0 saturated carbocycles. The van der Waals surface area contributed by atoms with Crippen molar-refractivity contribution < 1.29 is 9.90 Å². The lowest BCUT2D eigenvalue weighted by atomic mass is 10.1. The van der Waals surface area contributed by atoms with Gasteiger partial charge in [-0.25, -0.2) is 9.48 Å². The van der Waals surface area contributed by atoms with E-state index < -0.39 is 5.97 Å². The monoisotopic (exact) mass is 400 g/mol. The highest BCUT2D eigenvalue weighted by Crippen LogP contribution is 2.22. The first-order valence-electron chi connectivity index (χ1n) is 9.93. The van der Waals surface area contributed by atoms with E-state index in [1.807, 2.05) is 53.2 Å². The Morgan fingerprint density at radius 3 is 2.53 bits per heavy atom. The molecular formula is C24H24N4O2. The third kappa shape index (κ3) is 4.18. The maximum Gasteiger partial charge on any atom is 0.341 e. The van der Waals surface area contributed by atoms with Crippen LogP contribution >= 0.6 is 0 Å². The predicted octanol–water partition coefficient (Wildman–Crippen LogP) is 4.00. The Hall–Kier alpha value is -3.64. The van der Waals surface area contributed by atoms with Gasteiger partial charge in [0.25, 0.3) is 0 Å². The molecule has 0 atom stereocenters. The molecule has 2 aromatic heterocycles. The number of para-hydroxylation sites is 1. The number of hydrogen-bond acceptors (Lipinski definition) is 3. The molecule has 2 heterocycles. The summed E-state index contributed by atoms with van der Waals surface area (Å²) >= 11 is 0. The molecule has 6 heteroatoms. The summed E-state index contributed by atoms with van der Waals surface area (Å²) in [6.45, 7) is 3.54. The van der Waals surface area contributed by atoms with E-state index in [1.54, 1.807) is 4.68 Å². The van der Waals surface area contributed by atoms with Crippen molar-refractivity contribution in [1.82, 2.24) is 19.7 Å². The van der Waals surface area contributed by atoms with Crippen molar-refractivity contribution in [2.75, 3.05) is 6.54 Å². The van der Waals surface area contributed by atoms with Crippen molar-refractivity contribution in [3.63, 3.8) is 0 Å². The molecule has 30 heavy (non-hydrogen) atoms. The van der Waals surface area contributed by atoms with Crippen LogP contribution in [0.5, 0.6) is 0 Å². The Morgan fingerprint density at radius 1 is 1.03 bits per heavy atom. The van der Waals surface area contributed by atoms with E-state index in [4.69, 9.17) is 0 Å². The molecule has 152 valence electrons. The number of rotatable bonds is 8. The van der Waals surface area contributed by atoms with Crippen LogP contribution in [0.3, 0.4) is 0 Å². The second kappa shape index (κ2) is 8.80. The largest absolute Gasteiger partial charge is 0.477 e. The van der Waals surface area contributed by atoms with E-state index in [0.29, 0.717) is 12.4 Å². The first-order valence-corrected chi connectivity index (χ1v) is 9.93. The van der Waals surface area contributed by atoms with Crippen LogP contribution in [0.15, 0.2) is 79.1 Å². The summed E-state index contributed by atoms with van der Waals surface area (Å²) < 4.78 is 3.56.